The summed E-state index contributed by atoms with van der Waals surface area (Å²) < 4.78 is 0. The van der Waals surface area contributed by atoms with Crippen molar-refractivity contribution in [3.8, 4) is 0 Å². The monoisotopic (exact) mass is 170 g/mol. The summed E-state index contributed by atoms with van der Waals surface area (Å²) in [4.78, 5) is 0. The summed E-state index contributed by atoms with van der Waals surface area (Å²) in [5.41, 5.74) is 8.86. The number of benzene rings is 2. The maximum atomic E-state index is 6.90. The van der Waals surface area contributed by atoms with Gasteiger partial charge in [0.25, 0.3) is 0 Å². The molecule has 0 aliphatic carbocycles. The topological polar surface area (TPSA) is 36.2 Å². The summed E-state index contributed by atoms with van der Waals surface area (Å²) in [6, 6.07) is 11.9. The van der Waals surface area contributed by atoms with Gasteiger partial charge < -0.3 is 0 Å². The van der Waals surface area contributed by atoms with Gasteiger partial charge in [-0.05, 0) is 35.4 Å². The minimum atomic E-state index is 0.707. The Hall–Kier alpha value is -1.70. The standard InChI is InChI=1S/C11H10N2/c1-8-3-2-4-9-7-10(13-12)5-6-11(8)9/h2-7,12H,1H3. The molecule has 2 nitrogen and oxygen atoms in total. The van der Waals surface area contributed by atoms with Gasteiger partial charge in [-0.3, -0.25) is 0 Å². The fourth-order valence-electron chi connectivity index (χ4n) is 1.50. The minimum absolute atomic E-state index is 0.707. The summed E-state index contributed by atoms with van der Waals surface area (Å²) in [5, 5.41) is 5.78. The molecule has 2 heteroatoms. The largest absolute Gasteiger partial charge is 0.204 e. The van der Waals surface area contributed by atoms with Gasteiger partial charge in [0.1, 0.15) is 0 Å². The Balaban J connectivity index is 2.79. The third-order valence-electron chi connectivity index (χ3n) is 2.21. The van der Waals surface area contributed by atoms with E-state index in [4.69, 9.17) is 5.53 Å². The van der Waals surface area contributed by atoms with Crippen LogP contribution in [-0.4, -0.2) is 0 Å². The number of aryl methyl sites for hydroxylation is 1. The molecule has 2 rings (SSSR count). The van der Waals surface area contributed by atoms with Crippen LogP contribution in [0.3, 0.4) is 0 Å². The lowest BCUT2D eigenvalue weighted by Crippen LogP contribution is -1.76. The summed E-state index contributed by atoms with van der Waals surface area (Å²) in [7, 11) is 0. The molecule has 0 fully saturated rings. The van der Waals surface area contributed by atoms with Crippen molar-refractivity contribution in [1.29, 1.82) is 5.53 Å². The molecule has 0 saturated heterocycles. The predicted octanol–water partition coefficient (Wildman–Crippen LogP) is 3.81. The van der Waals surface area contributed by atoms with E-state index in [2.05, 4.69) is 18.1 Å². The van der Waals surface area contributed by atoms with Gasteiger partial charge in [0.15, 0.2) is 0 Å². The Morgan fingerprint density at radius 1 is 1.15 bits per heavy atom. The van der Waals surface area contributed by atoms with Crippen molar-refractivity contribution in [2.45, 2.75) is 6.92 Å². The molecule has 0 aliphatic rings. The van der Waals surface area contributed by atoms with Gasteiger partial charge in [0.2, 0.25) is 0 Å². The molecule has 0 aliphatic heterocycles. The van der Waals surface area contributed by atoms with Crippen LogP contribution in [0.25, 0.3) is 10.8 Å². The third kappa shape index (κ3) is 1.31. The summed E-state index contributed by atoms with van der Waals surface area (Å²) in [6.45, 7) is 2.08. The van der Waals surface area contributed by atoms with Crippen LogP contribution >= 0.6 is 0 Å². The Morgan fingerprint density at radius 2 is 2.00 bits per heavy atom. The highest BCUT2D eigenvalue weighted by molar-refractivity contribution is 5.87. The number of hydrogen-bond donors (Lipinski definition) is 1. The number of nitrogens with zero attached hydrogens (tertiary/aromatic N) is 1. The van der Waals surface area contributed by atoms with Gasteiger partial charge >= 0.3 is 0 Å². The van der Waals surface area contributed by atoms with Crippen LogP contribution in [0, 0.1) is 12.5 Å². The molecule has 13 heavy (non-hydrogen) atoms. The van der Waals surface area contributed by atoms with E-state index in [0.29, 0.717) is 5.69 Å². The lowest BCUT2D eigenvalue weighted by Gasteiger charge is -2.01. The highest BCUT2D eigenvalue weighted by Gasteiger charge is 1.96. The highest BCUT2D eigenvalue weighted by atomic mass is 15.0. The molecule has 0 spiro atoms. The lowest BCUT2D eigenvalue weighted by atomic mass is 10.1. The van der Waals surface area contributed by atoms with Crippen molar-refractivity contribution in [3.63, 3.8) is 0 Å². The number of nitrogens with one attached hydrogen (secondary N) is 1. The molecule has 0 bridgehead atoms. The fraction of sp³-hybridized carbons (Fsp3) is 0.0909. The van der Waals surface area contributed by atoms with Crippen LogP contribution in [0.4, 0.5) is 5.69 Å². The van der Waals surface area contributed by atoms with Crippen LogP contribution in [0.15, 0.2) is 41.5 Å². The molecule has 2 aromatic rings. The van der Waals surface area contributed by atoms with Gasteiger partial charge in [0.05, 0.1) is 5.69 Å². The van der Waals surface area contributed by atoms with Gasteiger partial charge in [-0.25, -0.2) is 5.53 Å². The van der Waals surface area contributed by atoms with Crippen molar-refractivity contribution in [1.82, 2.24) is 0 Å². The van der Waals surface area contributed by atoms with E-state index >= 15 is 0 Å². The second-order valence-electron chi connectivity index (χ2n) is 3.09. The van der Waals surface area contributed by atoms with E-state index in [9.17, 15) is 0 Å². The maximum absolute atomic E-state index is 6.90. The first kappa shape index (κ1) is 7.92. The molecular formula is C11H10N2. The molecule has 0 atom stereocenters. The molecule has 0 aromatic heterocycles. The quantitative estimate of drug-likeness (QED) is 0.632. The van der Waals surface area contributed by atoms with Crippen LogP contribution in [0.2, 0.25) is 0 Å². The van der Waals surface area contributed by atoms with Crippen LogP contribution in [0.5, 0.6) is 0 Å². The molecule has 0 unspecified atom stereocenters. The van der Waals surface area contributed by atoms with Crippen molar-refractivity contribution >= 4 is 16.5 Å². The zero-order valence-corrected chi connectivity index (χ0v) is 7.41. The second-order valence-corrected chi connectivity index (χ2v) is 3.09. The van der Waals surface area contributed by atoms with E-state index in [-0.39, 0.29) is 0 Å². The lowest BCUT2D eigenvalue weighted by molar-refractivity contribution is 1.15. The van der Waals surface area contributed by atoms with E-state index in [0.717, 1.165) is 5.39 Å². The summed E-state index contributed by atoms with van der Waals surface area (Å²) >= 11 is 0. The molecule has 1 N–H and O–H groups in total. The average molecular weight is 170 g/mol. The molecule has 0 saturated carbocycles. The van der Waals surface area contributed by atoms with E-state index in [1.165, 1.54) is 10.9 Å². The molecule has 2 aromatic carbocycles. The molecule has 64 valence electrons. The third-order valence-corrected chi connectivity index (χ3v) is 2.21. The smallest absolute Gasteiger partial charge is 0.0856 e. The van der Waals surface area contributed by atoms with Gasteiger partial charge in [-0.2, -0.15) is 5.11 Å². The first-order valence-corrected chi connectivity index (χ1v) is 4.18. The minimum Gasteiger partial charge on any atom is -0.204 e. The van der Waals surface area contributed by atoms with E-state index in [1.807, 2.05) is 30.3 Å². The van der Waals surface area contributed by atoms with Crippen molar-refractivity contribution in [3.05, 3.63) is 42.0 Å². The van der Waals surface area contributed by atoms with Crippen LogP contribution in [-0.2, 0) is 0 Å². The highest BCUT2D eigenvalue weighted by Crippen LogP contribution is 2.23. The van der Waals surface area contributed by atoms with Crippen LogP contribution < -0.4 is 0 Å². The summed E-state index contributed by atoms with van der Waals surface area (Å²) in [5.74, 6) is 0. The number of hydrogen-bond acceptors (Lipinski definition) is 2. The van der Waals surface area contributed by atoms with E-state index < -0.39 is 0 Å². The first-order chi connectivity index (χ1) is 6.31. The molecule has 0 amide bonds. The van der Waals surface area contributed by atoms with Gasteiger partial charge in [-0.1, -0.05) is 24.3 Å². The van der Waals surface area contributed by atoms with Gasteiger partial charge in [0, 0.05) is 0 Å². The first-order valence-electron chi connectivity index (χ1n) is 4.18. The second kappa shape index (κ2) is 2.98. The normalized spacial score (nSPS) is 10.2. The zero-order valence-electron chi connectivity index (χ0n) is 7.41. The van der Waals surface area contributed by atoms with E-state index in [1.54, 1.807) is 0 Å². The molecule has 0 radical (unpaired) electrons. The van der Waals surface area contributed by atoms with Crippen molar-refractivity contribution in [2.24, 2.45) is 5.11 Å². The van der Waals surface area contributed by atoms with Crippen molar-refractivity contribution < 1.29 is 0 Å². The Kier molecular flexibility index (Phi) is 1.81. The number of rotatable bonds is 1. The maximum Gasteiger partial charge on any atom is 0.0856 e. The Labute approximate surface area is 76.7 Å². The SMILES string of the molecule is Cc1cccc2cc(N=N)ccc12. The summed E-state index contributed by atoms with van der Waals surface area (Å²) in [6.07, 6.45) is 0. The van der Waals surface area contributed by atoms with Gasteiger partial charge in [-0.15, -0.1) is 0 Å². The number of fused-ring (bicyclic) bond motifs is 1. The van der Waals surface area contributed by atoms with Crippen molar-refractivity contribution in [2.75, 3.05) is 0 Å². The Morgan fingerprint density at radius 3 is 2.77 bits per heavy atom. The molecule has 0 heterocycles. The zero-order chi connectivity index (χ0) is 9.26. The Bertz CT molecular complexity index is 461. The van der Waals surface area contributed by atoms with Crippen LogP contribution in [0.1, 0.15) is 5.56 Å². The fourth-order valence-corrected chi connectivity index (χ4v) is 1.50. The molecular weight excluding hydrogens is 160 g/mol. The predicted molar refractivity (Wildman–Crippen MR) is 53.5 cm³/mol. The average Bonchev–Trinajstić information content (AvgIpc) is 2.18.